The molecule has 0 aliphatic carbocycles. The second-order valence-electron chi connectivity index (χ2n) is 13.0. The van der Waals surface area contributed by atoms with E-state index >= 15 is 0 Å². The minimum atomic E-state index is 0.878. The smallest absolute Gasteiger partial charge is 0.143 e. The van der Waals surface area contributed by atoms with Crippen molar-refractivity contribution in [2.24, 2.45) is 0 Å². The first-order valence-electron chi connectivity index (χ1n) is 17.4. The number of nitrogens with zero attached hydrogens (tertiary/aromatic N) is 2. The molecular formula is C48H32N2O. The van der Waals surface area contributed by atoms with Crippen LogP contribution in [0, 0.1) is 0 Å². The van der Waals surface area contributed by atoms with E-state index in [9.17, 15) is 0 Å². The molecule has 0 aliphatic rings. The number of para-hydroxylation sites is 4. The van der Waals surface area contributed by atoms with E-state index < -0.39 is 0 Å². The second kappa shape index (κ2) is 11.9. The maximum Gasteiger partial charge on any atom is 0.143 e. The van der Waals surface area contributed by atoms with Crippen LogP contribution >= 0.6 is 0 Å². The molecule has 0 amide bonds. The first-order chi connectivity index (χ1) is 25.3. The summed E-state index contributed by atoms with van der Waals surface area (Å²) < 4.78 is 9.07. The lowest BCUT2D eigenvalue weighted by molar-refractivity contribution is 0.670. The number of fused-ring (bicyclic) bond motifs is 6. The Hall–Kier alpha value is -6.84. The van der Waals surface area contributed by atoms with Gasteiger partial charge in [-0.1, -0.05) is 127 Å². The number of anilines is 3. The highest BCUT2D eigenvalue weighted by Crippen LogP contribution is 2.44. The molecule has 0 radical (unpaired) electrons. The molecule has 0 N–H and O–H groups in total. The van der Waals surface area contributed by atoms with E-state index in [1.54, 1.807) is 0 Å². The van der Waals surface area contributed by atoms with Crippen LogP contribution in [-0.2, 0) is 0 Å². The van der Waals surface area contributed by atoms with Crippen molar-refractivity contribution < 1.29 is 4.42 Å². The predicted octanol–water partition coefficient (Wildman–Crippen LogP) is 13.5. The fourth-order valence-electron chi connectivity index (χ4n) is 7.63. The Balaban J connectivity index is 1.20. The Labute approximate surface area is 295 Å². The van der Waals surface area contributed by atoms with Crippen LogP contribution in [-0.4, -0.2) is 4.57 Å². The maximum atomic E-state index is 6.69. The summed E-state index contributed by atoms with van der Waals surface area (Å²) in [5.41, 5.74) is 13.0. The van der Waals surface area contributed by atoms with Gasteiger partial charge in [-0.3, -0.25) is 0 Å². The quantitative estimate of drug-likeness (QED) is 0.178. The van der Waals surface area contributed by atoms with Crippen molar-refractivity contribution >= 4 is 60.8 Å². The fraction of sp³-hybridized carbons (Fsp3) is 0. The van der Waals surface area contributed by atoms with Crippen LogP contribution < -0.4 is 4.90 Å². The highest BCUT2D eigenvalue weighted by atomic mass is 16.3. The molecule has 10 rings (SSSR count). The van der Waals surface area contributed by atoms with Gasteiger partial charge < -0.3 is 13.9 Å². The van der Waals surface area contributed by atoms with Crippen LogP contribution in [0.2, 0.25) is 0 Å². The third-order valence-corrected chi connectivity index (χ3v) is 9.96. The van der Waals surface area contributed by atoms with E-state index in [-0.39, 0.29) is 0 Å². The number of rotatable bonds is 6. The lowest BCUT2D eigenvalue weighted by atomic mass is 9.99. The van der Waals surface area contributed by atoms with Gasteiger partial charge in [0, 0.05) is 49.9 Å². The third kappa shape index (κ3) is 4.90. The van der Waals surface area contributed by atoms with E-state index in [1.165, 1.54) is 32.9 Å². The van der Waals surface area contributed by atoms with E-state index in [1.807, 2.05) is 6.07 Å². The van der Waals surface area contributed by atoms with Crippen molar-refractivity contribution in [3.05, 3.63) is 194 Å². The van der Waals surface area contributed by atoms with Gasteiger partial charge in [-0.2, -0.15) is 0 Å². The van der Waals surface area contributed by atoms with Crippen LogP contribution in [0.15, 0.2) is 199 Å². The molecule has 0 saturated carbocycles. The minimum absolute atomic E-state index is 0.878. The summed E-state index contributed by atoms with van der Waals surface area (Å²) in [6.45, 7) is 0. The van der Waals surface area contributed by atoms with E-state index in [4.69, 9.17) is 4.42 Å². The summed E-state index contributed by atoms with van der Waals surface area (Å²) in [5, 5.41) is 4.68. The Morgan fingerprint density at radius 3 is 1.67 bits per heavy atom. The van der Waals surface area contributed by atoms with Crippen LogP contribution in [0.25, 0.3) is 71.7 Å². The van der Waals surface area contributed by atoms with Gasteiger partial charge in [-0.15, -0.1) is 0 Å². The Kier molecular flexibility index (Phi) is 6.81. The average molecular weight is 653 g/mol. The molecule has 3 heteroatoms. The van der Waals surface area contributed by atoms with Gasteiger partial charge in [0.05, 0.1) is 11.0 Å². The SMILES string of the molecule is c1ccc(-c2ccc(N(c3ccccc3)c3cc(-c4cccc(-n5c6ccccc6c6ccccc65)c4)c4oc5ccccc5c4c3)cc2)cc1. The number of furan rings is 1. The zero-order chi connectivity index (χ0) is 33.7. The van der Waals surface area contributed by atoms with Gasteiger partial charge in [0.1, 0.15) is 11.2 Å². The van der Waals surface area contributed by atoms with Crippen molar-refractivity contribution in [2.45, 2.75) is 0 Å². The van der Waals surface area contributed by atoms with Crippen molar-refractivity contribution in [1.82, 2.24) is 4.57 Å². The molecule has 8 aromatic carbocycles. The van der Waals surface area contributed by atoms with Gasteiger partial charge in [0.2, 0.25) is 0 Å². The number of aromatic nitrogens is 1. The summed E-state index contributed by atoms with van der Waals surface area (Å²) >= 11 is 0. The monoisotopic (exact) mass is 652 g/mol. The number of benzene rings is 8. The van der Waals surface area contributed by atoms with Crippen LogP contribution in [0.1, 0.15) is 0 Å². The maximum absolute atomic E-state index is 6.69. The summed E-state index contributed by atoms with van der Waals surface area (Å²) in [6, 6.07) is 69.1. The Bertz CT molecular complexity index is 2790. The van der Waals surface area contributed by atoms with Gasteiger partial charge in [0.25, 0.3) is 0 Å². The summed E-state index contributed by atoms with van der Waals surface area (Å²) in [6.07, 6.45) is 0. The molecule has 0 unspecified atom stereocenters. The number of hydrogen-bond donors (Lipinski definition) is 0. The largest absolute Gasteiger partial charge is 0.455 e. The molecule has 240 valence electrons. The first-order valence-corrected chi connectivity index (χ1v) is 17.4. The zero-order valence-corrected chi connectivity index (χ0v) is 27.8. The molecule has 0 aliphatic heterocycles. The molecule has 2 heterocycles. The molecule has 3 nitrogen and oxygen atoms in total. The van der Waals surface area contributed by atoms with Crippen molar-refractivity contribution in [1.29, 1.82) is 0 Å². The lowest BCUT2D eigenvalue weighted by Crippen LogP contribution is -2.10. The van der Waals surface area contributed by atoms with Gasteiger partial charge in [-0.05, 0) is 83.4 Å². The molecule has 0 atom stereocenters. The topological polar surface area (TPSA) is 21.3 Å². The molecule has 0 bridgehead atoms. The first kappa shape index (κ1) is 29.1. The van der Waals surface area contributed by atoms with Gasteiger partial charge in [0.15, 0.2) is 0 Å². The molecule has 0 saturated heterocycles. The normalized spacial score (nSPS) is 11.5. The van der Waals surface area contributed by atoms with Gasteiger partial charge >= 0.3 is 0 Å². The van der Waals surface area contributed by atoms with Crippen molar-refractivity contribution in [3.63, 3.8) is 0 Å². The molecule has 2 aromatic heterocycles. The Morgan fingerprint density at radius 2 is 0.941 bits per heavy atom. The molecule has 51 heavy (non-hydrogen) atoms. The fourth-order valence-corrected chi connectivity index (χ4v) is 7.63. The highest BCUT2D eigenvalue weighted by Gasteiger charge is 2.20. The highest BCUT2D eigenvalue weighted by molar-refractivity contribution is 6.12. The standard InChI is InChI=1S/C48H32N2O/c1-3-14-33(15-4-1)34-26-28-37(29-27-34)49(36-17-5-2-6-18-36)39-31-43(48-44(32-39)42-22-9-12-25-47(42)51-48)35-16-13-19-38(30-35)50-45-23-10-7-20-40(45)41-21-8-11-24-46(41)50/h1-32H. The third-order valence-electron chi connectivity index (χ3n) is 9.96. The van der Waals surface area contributed by atoms with E-state index in [0.29, 0.717) is 0 Å². The Morgan fingerprint density at radius 1 is 0.373 bits per heavy atom. The summed E-state index contributed by atoms with van der Waals surface area (Å²) in [7, 11) is 0. The predicted molar refractivity (Wildman–Crippen MR) is 214 cm³/mol. The molecule has 0 fully saturated rings. The van der Waals surface area contributed by atoms with E-state index in [0.717, 1.165) is 55.8 Å². The van der Waals surface area contributed by atoms with Crippen LogP contribution in [0.5, 0.6) is 0 Å². The van der Waals surface area contributed by atoms with E-state index in [2.05, 4.69) is 198 Å². The lowest BCUT2D eigenvalue weighted by Gasteiger charge is -2.26. The number of hydrogen-bond acceptors (Lipinski definition) is 2. The van der Waals surface area contributed by atoms with Crippen molar-refractivity contribution in [3.8, 4) is 27.9 Å². The molecule has 0 spiro atoms. The molecular weight excluding hydrogens is 621 g/mol. The van der Waals surface area contributed by atoms with Crippen LogP contribution in [0.3, 0.4) is 0 Å². The zero-order valence-electron chi connectivity index (χ0n) is 27.8. The van der Waals surface area contributed by atoms with Gasteiger partial charge in [-0.25, -0.2) is 0 Å². The van der Waals surface area contributed by atoms with Crippen molar-refractivity contribution in [2.75, 3.05) is 4.90 Å². The summed E-state index contributed by atoms with van der Waals surface area (Å²) in [5.74, 6) is 0. The minimum Gasteiger partial charge on any atom is -0.455 e. The average Bonchev–Trinajstić information content (AvgIpc) is 3.75. The summed E-state index contributed by atoms with van der Waals surface area (Å²) in [4.78, 5) is 2.34. The second-order valence-corrected chi connectivity index (χ2v) is 13.0. The molecule has 10 aromatic rings. The van der Waals surface area contributed by atoms with Crippen LogP contribution in [0.4, 0.5) is 17.1 Å².